The van der Waals surface area contributed by atoms with Gasteiger partial charge in [0.1, 0.15) is 17.4 Å². The first kappa shape index (κ1) is 15.0. The molecule has 110 valence electrons. The molecule has 3 fully saturated rings. The summed E-state index contributed by atoms with van der Waals surface area (Å²) in [7, 11) is -6.00. The summed E-state index contributed by atoms with van der Waals surface area (Å²) in [6.45, 7) is 6.92. The summed E-state index contributed by atoms with van der Waals surface area (Å²) < 4.78 is 45.2. The zero-order valence-corrected chi connectivity index (χ0v) is 11.6. The topological polar surface area (TPSA) is 9.23 Å². The first-order valence-electron chi connectivity index (χ1n) is 6.97. The van der Waals surface area contributed by atoms with Crippen LogP contribution in [-0.2, 0) is 4.74 Å². The Morgan fingerprint density at radius 1 is 1.05 bits per heavy atom. The number of hydrogen-bond acceptors (Lipinski definition) is 1. The third-order valence-electron chi connectivity index (χ3n) is 4.44. The summed E-state index contributed by atoms with van der Waals surface area (Å²) in [5.41, 5.74) is 0.265. The zero-order chi connectivity index (χ0) is 14.4. The fourth-order valence-electron chi connectivity index (χ4n) is 3.96. The fraction of sp³-hybridized carbons (Fsp3) is 0.923. The van der Waals surface area contributed by atoms with Gasteiger partial charge in [0, 0.05) is 5.92 Å². The lowest BCUT2D eigenvalue weighted by Crippen LogP contribution is -2.36. The van der Waals surface area contributed by atoms with E-state index in [1.165, 1.54) is 31.8 Å². The third-order valence-corrected chi connectivity index (χ3v) is 4.44. The van der Waals surface area contributed by atoms with Crippen LogP contribution in [0.25, 0.3) is 0 Å². The minimum absolute atomic E-state index is 0.265. The van der Waals surface area contributed by atoms with Gasteiger partial charge < -0.3 is 17.3 Å². The second-order valence-electron chi connectivity index (χ2n) is 6.93. The van der Waals surface area contributed by atoms with Crippen LogP contribution in [-0.4, -0.2) is 13.4 Å². The van der Waals surface area contributed by atoms with E-state index >= 15 is 0 Å². The minimum Gasteiger partial charge on any atom is -0.418 e. The van der Waals surface area contributed by atoms with Crippen LogP contribution in [0.4, 0.5) is 17.3 Å². The molecule has 3 rings (SSSR count). The molecule has 2 bridgehead atoms. The van der Waals surface area contributed by atoms with E-state index in [2.05, 4.69) is 20.8 Å². The summed E-state index contributed by atoms with van der Waals surface area (Å²) in [6, 6.07) is 0. The summed E-state index contributed by atoms with van der Waals surface area (Å²) in [5.74, 6) is 2.80. The highest BCUT2D eigenvalue weighted by Crippen LogP contribution is 2.59. The molecule has 0 N–H and O–H groups in total. The molecule has 1 nitrogen and oxygen atoms in total. The monoisotopic (exact) mass is 280 g/mol. The van der Waals surface area contributed by atoms with Crippen molar-refractivity contribution in [3.8, 4) is 0 Å². The van der Waals surface area contributed by atoms with E-state index < -0.39 is 7.25 Å². The van der Waals surface area contributed by atoms with Gasteiger partial charge in [-0.2, -0.15) is 4.74 Å². The molecule has 4 atom stereocenters. The predicted octanol–water partition coefficient (Wildman–Crippen LogP) is 4.70. The van der Waals surface area contributed by atoms with Gasteiger partial charge in [0.15, 0.2) is 0 Å². The van der Waals surface area contributed by atoms with E-state index in [4.69, 9.17) is 4.74 Å². The van der Waals surface area contributed by atoms with Crippen molar-refractivity contribution in [2.45, 2.75) is 52.6 Å². The Labute approximate surface area is 112 Å². The summed E-state index contributed by atoms with van der Waals surface area (Å²) in [4.78, 5) is 0. The van der Waals surface area contributed by atoms with Crippen molar-refractivity contribution in [1.82, 2.24) is 0 Å². The van der Waals surface area contributed by atoms with Crippen LogP contribution < -0.4 is 0 Å². The Balaban J connectivity index is 0.000000232. The molecule has 3 aliphatic rings. The van der Waals surface area contributed by atoms with Gasteiger partial charge in [0.05, 0.1) is 0 Å². The average molecular weight is 280 g/mol. The van der Waals surface area contributed by atoms with Crippen LogP contribution >= 0.6 is 0 Å². The molecule has 0 aromatic rings. The van der Waals surface area contributed by atoms with Crippen LogP contribution in [0.2, 0.25) is 0 Å². The summed E-state index contributed by atoms with van der Waals surface area (Å²) in [5, 5.41) is 0. The Hall–Kier alpha value is -0.385. The van der Waals surface area contributed by atoms with Gasteiger partial charge >= 0.3 is 7.25 Å². The van der Waals surface area contributed by atoms with Crippen molar-refractivity contribution in [2.75, 3.05) is 0 Å². The molecule has 0 amide bonds. The van der Waals surface area contributed by atoms with Crippen molar-refractivity contribution < 1.29 is 22.0 Å². The zero-order valence-electron chi connectivity index (χ0n) is 11.6. The highest BCUT2D eigenvalue weighted by atomic mass is 19.5. The standard InChI is InChI=1S/C13H21O.BF4/c1-13(2,3)12-10-5-4-8-6-9(14-12)7-11(8)10;2-1(3,4)5/h8-11H,4-7H2,1-3H3;/q+1;-1/t8-,9-,10-,11+;/m0./s1. The van der Waals surface area contributed by atoms with Gasteiger partial charge in [-0.25, -0.2) is 0 Å². The highest BCUT2D eigenvalue weighted by molar-refractivity contribution is 6.50. The van der Waals surface area contributed by atoms with Crippen molar-refractivity contribution in [3.63, 3.8) is 0 Å². The lowest BCUT2D eigenvalue weighted by atomic mass is 9.74. The van der Waals surface area contributed by atoms with Crippen LogP contribution in [0.15, 0.2) is 0 Å². The van der Waals surface area contributed by atoms with Gasteiger partial charge in [-0.3, -0.25) is 0 Å². The van der Waals surface area contributed by atoms with Crippen molar-refractivity contribution >= 4 is 7.25 Å². The average Bonchev–Trinajstić information content (AvgIpc) is 2.65. The number of halogens is 4. The molecule has 0 aromatic heterocycles. The van der Waals surface area contributed by atoms with E-state index in [1.807, 2.05) is 0 Å². The molecule has 0 aromatic carbocycles. The quantitative estimate of drug-likeness (QED) is 0.355. The molecule has 2 aliphatic carbocycles. The Bertz CT molecular complexity index is 318. The van der Waals surface area contributed by atoms with Crippen LogP contribution in [0.1, 0.15) is 46.5 Å². The molecule has 1 saturated heterocycles. The molecule has 2 saturated carbocycles. The summed E-state index contributed by atoms with van der Waals surface area (Å²) in [6.07, 6.45) is 7.58. The van der Waals surface area contributed by atoms with Gasteiger partial charge in [-0.1, -0.05) is 0 Å². The Morgan fingerprint density at radius 3 is 2.16 bits per heavy atom. The van der Waals surface area contributed by atoms with Gasteiger partial charge in [-0.05, 0) is 52.4 Å². The maximum absolute atomic E-state index is 9.75. The van der Waals surface area contributed by atoms with Crippen LogP contribution in [0, 0.1) is 29.3 Å². The van der Waals surface area contributed by atoms with Gasteiger partial charge in [0.2, 0.25) is 6.10 Å². The van der Waals surface area contributed by atoms with E-state index in [-0.39, 0.29) is 5.41 Å². The molecule has 0 radical (unpaired) electrons. The fourth-order valence-corrected chi connectivity index (χ4v) is 3.96. The normalized spacial score (nSPS) is 37.1. The predicted molar refractivity (Wildman–Crippen MR) is 66.7 cm³/mol. The van der Waals surface area contributed by atoms with E-state index in [9.17, 15) is 17.3 Å². The third kappa shape index (κ3) is 3.58. The number of fused-ring (bicyclic) bond motifs is 1. The van der Waals surface area contributed by atoms with E-state index in [0.29, 0.717) is 6.10 Å². The molecule has 0 unspecified atom stereocenters. The van der Waals surface area contributed by atoms with E-state index in [0.717, 1.165) is 17.8 Å². The SMILES string of the molecule is CC(C)(C)[C+]1O[C@H]2C[C@@H]3CC[C@H]1[C@@H]3C2.F[B-](F)(F)F. The molecule has 1 heterocycles. The van der Waals surface area contributed by atoms with Crippen LogP contribution in [0.5, 0.6) is 0 Å². The van der Waals surface area contributed by atoms with E-state index in [1.54, 1.807) is 0 Å². The minimum atomic E-state index is -6.00. The number of ether oxygens (including phenoxy) is 1. The van der Waals surface area contributed by atoms with Crippen molar-refractivity contribution in [2.24, 2.45) is 23.2 Å². The lowest BCUT2D eigenvalue weighted by molar-refractivity contribution is -0.0471. The molecule has 19 heavy (non-hydrogen) atoms. The van der Waals surface area contributed by atoms with Gasteiger partial charge in [0.25, 0.3) is 0 Å². The molecule has 0 spiro atoms. The number of hydrogen-bond donors (Lipinski definition) is 0. The van der Waals surface area contributed by atoms with Crippen molar-refractivity contribution in [1.29, 1.82) is 0 Å². The smallest absolute Gasteiger partial charge is 0.418 e. The Kier molecular flexibility index (Phi) is 3.84. The van der Waals surface area contributed by atoms with Crippen LogP contribution in [0.3, 0.4) is 0 Å². The maximum Gasteiger partial charge on any atom is 0.673 e. The van der Waals surface area contributed by atoms with Crippen molar-refractivity contribution in [3.05, 3.63) is 6.10 Å². The van der Waals surface area contributed by atoms with Gasteiger partial charge in [-0.15, -0.1) is 0 Å². The maximum atomic E-state index is 9.75. The second-order valence-corrected chi connectivity index (χ2v) is 6.93. The first-order chi connectivity index (χ1) is 8.55. The second kappa shape index (κ2) is 4.87. The molecule has 1 aliphatic heterocycles. The summed E-state index contributed by atoms with van der Waals surface area (Å²) >= 11 is 0. The number of rotatable bonds is 0. The highest BCUT2D eigenvalue weighted by Gasteiger charge is 2.62. The molecule has 6 heteroatoms. The first-order valence-corrected chi connectivity index (χ1v) is 6.97. The Morgan fingerprint density at radius 2 is 1.63 bits per heavy atom. The molecular formula is C13H21BF4O. The largest absolute Gasteiger partial charge is 0.673 e. The lowest BCUT2D eigenvalue weighted by Gasteiger charge is -2.30. The molecular weight excluding hydrogens is 259 g/mol.